The van der Waals surface area contributed by atoms with Crippen LogP contribution in [0, 0.1) is 0 Å². The highest BCUT2D eigenvalue weighted by atomic mass is 16.5. The van der Waals surface area contributed by atoms with Gasteiger partial charge in [-0.15, -0.1) is 0 Å². The van der Waals surface area contributed by atoms with Gasteiger partial charge in [-0.3, -0.25) is 9.59 Å². The molecule has 0 bridgehead atoms. The fraction of sp³-hybridized carbons (Fsp3) is 0.467. The molecule has 1 aromatic rings. The Bertz CT molecular complexity index is 530. The fourth-order valence-electron chi connectivity index (χ4n) is 2.32. The highest BCUT2D eigenvalue weighted by Gasteiger charge is 2.41. The van der Waals surface area contributed by atoms with Gasteiger partial charge in [-0.1, -0.05) is 19.1 Å². The third-order valence-electron chi connectivity index (χ3n) is 3.77. The van der Waals surface area contributed by atoms with Crippen molar-refractivity contribution in [2.24, 2.45) is 0 Å². The van der Waals surface area contributed by atoms with Gasteiger partial charge in [0.05, 0.1) is 17.9 Å². The first-order valence-corrected chi connectivity index (χ1v) is 6.76. The molecule has 0 spiro atoms. The Balaban J connectivity index is 2.51. The van der Waals surface area contributed by atoms with Gasteiger partial charge in [0, 0.05) is 13.7 Å². The monoisotopic (exact) mass is 276 g/mol. The number of para-hydroxylation sites is 1. The van der Waals surface area contributed by atoms with Gasteiger partial charge in [-0.25, -0.2) is 0 Å². The number of carbonyl (C=O) groups is 2. The SMILES string of the molecule is CCC1(C)NC(=O)c2ccccc2N(CCOC)C1=O. The molecule has 5 nitrogen and oxygen atoms in total. The molecule has 0 radical (unpaired) electrons. The lowest BCUT2D eigenvalue weighted by Crippen LogP contribution is -2.56. The summed E-state index contributed by atoms with van der Waals surface area (Å²) >= 11 is 0. The number of nitrogens with zero attached hydrogens (tertiary/aromatic N) is 1. The standard InChI is InChI=1S/C15H20N2O3/c1-4-15(2)14(19)17(9-10-20-3)12-8-6-5-7-11(12)13(18)16-15/h5-8H,4,9-10H2,1-3H3,(H,16,18). The summed E-state index contributed by atoms with van der Waals surface area (Å²) in [4.78, 5) is 26.7. The first-order valence-electron chi connectivity index (χ1n) is 6.76. The van der Waals surface area contributed by atoms with Gasteiger partial charge in [0.2, 0.25) is 0 Å². The van der Waals surface area contributed by atoms with Crippen LogP contribution in [0.3, 0.4) is 0 Å². The lowest BCUT2D eigenvalue weighted by atomic mass is 9.97. The Morgan fingerprint density at radius 1 is 1.30 bits per heavy atom. The van der Waals surface area contributed by atoms with E-state index in [0.29, 0.717) is 30.8 Å². The van der Waals surface area contributed by atoms with Crippen LogP contribution in [0.2, 0.25) is 0 Å². The number of anilines is 1. The van der Waals surface area contributed by atoms with Crippen molar-refractivity contribution in [2.45, 2.75) is 25.8 Å². The van der Waals surface area contributed by atoms with E-state index < -0.39 is 5.54 Å². The summed E-state index contributed by atoms with van der Waals surface area (Å²) in [6.07, 6.45) is 0.537. The van der Waals surface area contributed by atoms with E-state index in [9.17, 15) is 9.59 Å². The first-order chi connectivity index (χ1) is 9.53. The van der Waals surface area contributed by atoms with E-state index in [1.807, 2.05) is 13.0 Å². The van der Waals surface area contributed by atoms with Crippen LogP contribution in [0.1, 0.15) is 30.6 Å². The molecule has 1 atom stereocenters. The summed E-state index contributed by atoms with van der Waals surface area (Å²) in [5.41, 5.74) is 0.280. The number of benzene rings is 1. The molecule has 2 amide bonds. The number of amides is 2. The average molecular weight is 276 g/mol. The Morgan fingerprint density at radius 3 is 2.65 bits per heavy atom. The predicted molar refractivity (Wildman–Crippen MR) is 76.8 cm³/mol. The Labute approximate surface area is 118 Å². The van der Waals surface area contributed by atoms with Crippen LogP contribution in [-0.2, 0) is 9.53 Å². The van der Waals surface area contributed by atoms with E-state index in [1.54, 1.807) is 37.1 Å². The van der Waals surface area contributed by atoms with Crippen molar-refractivity contribution < 1.29 is 14.3 Å². The zero-order chi connectivity index (χ0) is 14.8. The summed E-state index contributed by atoms with van der Waals surface area (Å²) in [6, 6.07) is 7.16. The lowest BCUT2D eigenvalue weighted by Gasteiger charge is -2.31. The van der Waals surface area contributed by atoms with Crippen LogP contribution in [-0.4, -0.2) is 37.6 Å². The highest BCUT2D eigenvalue weighted by molar-refractivity contribution is 6.12. The Kier molecular flexibility index (Phi) is 4.09. The fourth-order valence-corrected chi connectivity index (χ4v) is 2.32. The molecule has 0 fully saturated rings. The normalized spacial score (nSPS) is 22.2. The minimum atomic E-state index is -0.885. The average Bonchev–Trinajstić information content (AvgIpc) is 2.54. The summed E-state index contributed by atoms with van der Waals surface area (Å²) in [7, 11) is 1.59. The topological polar surface area (TPSA) is 58.6 Å². The van der Waals surface area contributed by atoms with Crippen LogP contribution in [0.5, 0.6) is 0 Å². The largest absolute Gasteiger partial charge is 0.383 e. The van der Waals surface area contributed by atoms with Crippen molar-refractivity contribution in [3.63, 3.8) is 0 Å². The molecular formula is C15H20N2O3. The summed E-state index contributed by atoms with van der Waals surface area (Å²) in [5, 5.41) is 2.85. The third kappa shape index (κ3) is 2.41. The zero-order valence-electron chi connectivity index (χ0n) is 12.1. The Hall–Kier alpha value is -1.88. The van der Waals surface area contributed by atoms with Crippen LogP contribution >= 0.6 is 0 Å². The number of methoxy groups -OCH3 is 1. The molecule has 20 heavy (non-hydrogen) atoms. The number of hydrogen-bond acceptors (Lipinski definition) is 3. The highest BCUT2D eigenvalue weighted by Crippen LogP contribution is 2.28. The molecule has 0 aromatic heterocycles. The van der Waals surface area contributed by atoms with Crippen LogP contribution < -0.4 is 10.2 Å². The van der Waals surface area contributed by atoms with Crippen molar-refractivity contribution in [3.8, 4) is 0 Å². The first kappa shape index (κ1) is 14.5. The van der Waals surface area contributed by atoms with Crippen molar-refractivity contribution in [3.05, 3.63) is 29.8 Å². The zero-order valence-corrected chi connectivity index (χ0v) is 12.1. The van der Waals surface area contributed by atoms with Gasteiger partial charge in [0.25, 0.3) is 11.8 Å². The van der Waals surface area contributed by atoms with Crippen molar-refractivity contribution in [1.29, 1.82) is 0 Å². The van der Waals surface area contributed by atoms with E-state index in [0.717, 1.165) is 0 Å². The number of ether oxygens (including phenoxy) is 1. The van der Waals surface area contributed by atoms with Crippen molar-refractivity contribution >= 4 is 17.5 Å². The minimum absolute atomic E-state index is 0.102. The second kappa shape index (κ2) is 5.63. The number of fused-ring (bicyclic) bond motifs is 1. The third-order valence-corrected chi connectivity index (χ3v) is 3.77. The molecule has 1 aliphatic rings. The summed E-state index contributed by atoms with van der Waals surface area (Å²) in [6.45, 7) is 4.51. The van der Waals surface area contributed by atoms with E-state index in [-0.39, 0.29) is 11.8 Å². The molecule has 0 saturated heterocycles. The predicted octanol–water partition coefficient (Wildman–Crippen LogP) is 1.58. The maximum Gasteiger partial charge on any atom is 0.254 e. The van der Waals surface area contributed by atoms with Gasteiger partial charge in [-0.05, 0) is 25.5 Å². The van der Waals surface area contributed by atoms with E-state index in [2.05, 4.69) is 5.32 Å². The molecule has 108 valence electrons. The molecule has 1 heterocycles. The maximum atomic E-state index is 12.8. The number of nitrogens with one attached hydrogen (secondary N) is 1. The summed E-state index contributed by atoms with van der Waals surface area (Å²) < 4.78 is 5.08. The summed E-state index contributed by atoms with van der Waals surface area (Å²) in [5.74, 6) is -0.312. The molecular weight excluding hydrogens is 256 g/mol. The van der Waals surface area contributed by atoms with Crippen LogP contribution in [0.25, 0.3) is 0 Å². The van der Waals surface area contributed by atoms with Crippen LogP contribution in [0.15, 0.2) is 24.3 Å². The molecule has 1 unspecified atom stereocenters. The maximum absolute atomic E-state index is 12.8. The molecule has 0 aliphatic carbocycles. The van der Waals surface area contributed by atoms with Gasteiger partial charge in [0.1, 0.15) is 5.54 Å². The molecule has 5 heteroatoms. The lowest BCUT2D eigenvalue weighted by molar-refractivity contribution is -0.124. The smallest absolute Gasteiger partial charge is 0.254 e. The van der Waals surface area contributed by atoms with E-state index in [4.69, 9.17) is 4.74 Å². The Morgan fingerprint density at radius 2 is 2.00 bits per heavy atom. The number of hydrogen-bond donors (Lipinski definition) is 1. The number of rotatable bonds is 4. The molecule has 1 aromatic carbocycles. The quantitative estimate of drug-likeness (QED) is 0.908. The number of carbonyl (C=O) groups excluding carboxylic acids is 2. The van der Waals surface area contributed by atoms with Crippen molar-refractivity contribution in [2.75, 3.05) is 25.2 Å². The molecule has 1 aliphatic heterocycles. The minimum Gasteiger partial charge on any atom is -0.383 e. The van der Waals surface area contributed by atoms with E-state index in [1.165, 1.54) is 0 Å². The van der Waals surface area contributed by atoms with Gasteiger partial charge < -0.3 is 15.0 Å². The molecule has 2 rings (SSSR count). The van der Waals surface area contributed by atoms with E-state index >= 15 is 0 Å². The second-order valence-electron chi connectivity index (χ2n) is 5.11. The second-order valence-corrected chi connectivity index (χ2v) is 5.11. The van der Waals surface area contributed by atoms with Gasteiger partial charge in [-0.2, -0.15) is 0 Å². The molecule has 0 saturated carbocycles. The van der Waals surface area contributed by atoms with Gasteiger partial charge >= 0.3 is 0 Å². The molecule has 1 N–H and O–H groups in total. The van der Waals surface area contributed by atoms with Gasteiger partial charge in [0.15, 0.2) is 0 Å². The van der Waals surface area contributed by atoms with Crippen LogP contribution in [0.4, 0.5) is 5.69 Å². The van der Waals surface area contributed by atoms with Crippen molar-refractivity contribution in [1.82, 2.24) is 5.32 Å².